The van der Waals surface area contributed by atoms with Crippen LogP contribution in [0.15, 0.2) is 114 Å². The second-order valence-corrected chi connectivity index (χ2v) is 9.26. The number of hydrogen-bond donors (Lipinski definition) is 0. The van der Waals surface area contributed by atoms with Gasteiger partial charge in [-0.2, -0.15) is 42.0 Å². The van der Waals surface area contributed by atoms with Crippen LogP contribution < -0.4 is 24.8 Å². The van der Waals surface area contributed by atoms with Crippen molar-refractivity contribution in [2.45, 2.75) is 12.8 Å². The summed E-state index contributed by atoms with van der Waals surface area (Å²) < 4.78 is 2.25. The molecule has 0 amide bonds. The van der Waals surface area contributed by atoms with Gasteiger partial charge in [-0.15, -0.1) is 29.3 Å². The maximum absolute atomic E-state index is 3.30. The standard InChI is InChI=1S/C13H9.C9H7S.C8H8.2ClH.Zr/c1-3-7-12-10(5-1)9-11-6-2-4-8-13(11)12;1-2-4-8(3-1)9-5-6-10-7-9;1-2-8-6-4-3-5-7-8;;;/h1-5,7-8H,9H2;1-7H;1,3-7H,2H2;2*1H;/q2*-1;;;;+2/p-2. The third kappa shape index (κ3) is 7.79. The van der Waals surface area contributed by atoms with Crippen molar-refractivity contribution >= 4 is 15.0 Å². The molecule has 6 rings (SSSR count). The van der Waals surface area contributed by atoms with E-state index in [1.807, 2.05) is 12.1 Å². The van der Waals surface area contributed by atoms with Gasteiger partial charge in [0.1, 0.15) is 0 Å². The molecule has 4 aromatic carbocycles. The summed E-state index contributed by atoms with van der Waals surface area (Å²) in [5.74, 6) is 0. The Morgan fingerprint density at radius 3 is 2.24 bits per heavy atom. The van der Waals surface area contributed by atoms with Crippen molar-refractivity contribution in [1.82, 2.24) is 0 Å². The molecule has 0 N–H and O–H groups in total. The van der Waals surface area contributed by atoms with Gasteiger partial charge in [0, 0.05) is 0 Å². The van der Waals surface area contributed by atoms with E-state index in [2.05, 4.69) is 112 Å². The molecule has 1 aromatic heterocycles. The van der Waals surface area contributed by atoms with Crippen LogP contribution in [0.5, 0.6) is 0 Å². The van der Waals surface area contributed by atoms with Crippen molar-refractivity contribution < 1.29 is 49.0 Å². The van der Waals surface area contributed by atoms with Crippen LogP contribution in [0, 0.1) is 6.07 Å². The molecule has 0 saturated heterocycles. The van der Waals surface area contributed by atoms with Gasteiger partial charge in [-0.05, 0) is 6.42 Å². The average molecular weight is 579 g/mol. The number of fused-ring (bicyclic) bond motifs is 3. The molecule has 5 aromatic rings. The van der Waals surface area contributed by atoms with Gasteiger partial charge in [-0.25, -0.2) is 11.3 Å². The molecule has 34 heavy (non-hydrogen) atoms. The number of rotatable bonds is 3. The Labute approximate surface area is 234 Å². The summed E-state index contributed by atoms with van der Waals surface area (Å²) in [5, 5.41) is 4.26. The van der Waals surface area contributed by atoms with Crippen LogP contribution in [0.2, 0.25) is 0 Å². The molecule has 0 radical (unpaired) electrons. The third-order valence-corrected chi connectivity index (χ3v) is 6.50. The molecule has 0 saturated carbocycles. The van der Waals surface area contributed by atoms with Crippen LogP contribution in [0.4, 0.5) is 0 Å². The van der Waals surface area contributed by atoms with Gasteiger partial charge >= 0.3 is 70.3 Å². The zero-order valence-electron chi connectivity index (χ0n) is 18.6. The van der Waals surface area contributed by atoms with Crippen LogP contribution in [0.25, 0.3) is 22.3 Å². The summed E-state index contributed by atoms with van der Waals surface area (Å²) >= 11 is 3.25. The summed E-state index contributed by atoms with van der Waals surface area (Å²) in [4.78, 5) is 0. The van der Waals surface area contributed by atoms with E-state index in [0.717, 1.165) is 12.8 Å². The van der Waals surface area contributed by atoms with Crippen LogP contribution in [-0.2, 0) is 37.1 Å². The Morgan fingerprint density at radius 1 is 0.824 bits per heavy atom. The molecule has 1 aliphatic carbocycles. The fourth-order valence-electron chi connectivity index (χ4n) is 3.72. The van der Waals surface area contributed by atoms with Gasteiger partial charge in [0.25, 0.3) is 0 Å². The van der Waals surface area contributed by atoms with E-state index in [1.165, 1.54) is 63.2 Å². The SMILES string of the molecule is [Cl-].[Cl-].[Zr+2]=[CH]Cc1ccccc1.[c-]1cccc2c1Cc1ccccc1-2.c1cc[c-](-c2ccsc2)c1. The summed E-state index contributed by atoms with van der Waals surface area (Å²) in [6, 6.07) is 39.1. The molecule has 0 fully saturated rings. The minimum absolute atomic E-state index is 0. The topological polar surface area (TPSA) is 0 Å². The molecular formula is C30H24Cl2SZr-2. The molecule has 0 bridgehead atoms. The zero-order valence-corrected chi connectivity index (χ0v) is 23.4. The minimum Gasteiger partial charge on any atom is -0.201 e. The minimum atomic E-state index is 0. The molecule has 0 aliphatic heterocycles. The van der Waals surface area contributed by atoms with E-state index in [1.54, 1.807) is 11.3 Å². The summed E-state index contributed by atoms with van der Waals surface area (Å²) in [5.41, 5.74) is 9.57. The first kappa shape index (κ1) is 28.3. The quantitative estimate of drug-likeness (QED) is 0.281. The molecule has 170 valence electrons. The molecule has 1 aliphatic rings. The maximum Gasteiger partial charge on any atom is -0.0253 e. The first-order valence-corrected chi connectivity index (χ1v) is 13.1. The Balaban J connectivity index is 0.000000179. The van der Waals surface area contributed by atoms with Crippen molar-refractivity contribution in [3.05, 3.63) is 137 Å². The van der Waals surface area contributed by atoms with Gasteiger partial charge in [-0.3, -0.25) is 0 Å². The second-order valence-electron chi connectivity index (χ2n) is 7.48. The first-order chi connectivity index (χ1) is 15.8. The van der Waals surface area contributed by atoms with E-state index in [0.29, 0.717) is 0 Å². The molecule has 0 nitrogen and oxygen atoms in total. The predicted molar refractivity (Wildman–Crippen MR) is 135 cm³/mol. The Kier molecular flexibility index (Phi) is 12.6. The normalized spacial score (nSPS) is 10.1. The number of thiophene rings is 1. The maximum atomic E-state index is 3.30. The van der Waals surface area contributed by atoms with Gasteiger partial charge in [-0.1, -0.05) is 51.7 Å². The summed E-state index contributed by atoms with van der Waals surface area (Å²) in [7, 11) is 0. The Hall–Kier alpha value is -1.96. The third-order valence-electron chi connectivity index (χ3n) is 5.31. The summed E-state index contributed by atoms with van der Waals surface area (Å²) in [6.45, 7) is 0. The number of hydrogen-bond acceptors (Lipinski definition) is 1. The van der Waals surface area contributed by atoms with Crippen LogP contribution in [0.3, 0.4) is 0 Å². The van der Waals surface area contributed by atoms with Crippen molar-refractivity contribution in [1.29, 1.82) is 0 Å². The van der Waals surface area contributed by atoms with Crippen molar-refractivity contribution in [2.24, 2.45) is 0 Å². The van der Waals surface area contributed by atoms with E-state index >= 15 is 0 Å². The Morgan fingerprint density at radius 2 is 1.53 bits per heavy atom. The largest absolute Gasteiger partial charge is 0.201 e. The van der Waals surface area contributed by atoms with E-state index in [-0.39, 0.29) is 24.8 Å². The number of halogens is 2. The van der Waals surface area contributed by atoms with Crippen LogP contribution in [0.1, 0.15) is 16.7 Å². The fourth-order valence-corrected chi connectivity index (χ4v) is 4.97. The molecule has 1 heterocycles. The fraction of sp³-hybridized carbons (Fsp3) is 0.0667. The van der Waals surface area contributed by atoms with Gasteiger partial charge in [0.2, 0.25) is 0 Å². The molecule has 4 heteroatoms. The first-order valence-electron chi connectivity index (χ1n) is 10.7. The predicted octanol–water partition coefficient (Wildman–Crippen LogP) is 1.78. The van der Waals surface area contributed by atoms with Crippen molar-refractivity contribution in [3.8, 4) is 22.3 Å². The van der Waals surface area contributed by atoms with Crippen molar-refractivity contribution in [2.75, 3.05) is 0 Å². The Bertz CT molecular complexity index is 1150. The average Bonchev–Trinajstić information content (AvgIpc) is 3.61. The van der Waals surface area contributed by atoms with E-state index in [4.69, 9.17) is 0 Å². The van der Waals surface area contributed by atoms with Crippen LogP contribution in [-0.4, -0.2) is 3.71 Å². The van der Waals surface area contributed by atoms with Gasteiger partial charge in [0.15, 0.2) is 0 Å². The molecular weight excluding hydrogens is 555 g/mol. The smallest absolute Gasteiger partial charge is 0.0253 e. The van der Waals surface area contributed by atoms with Gasteiger partial charge < -0.3 is 24.8 Å². The van der Waals surface area contributed by atoms with Crippen molar-refractivity contribution in [3.63, 3.8) is 0 Å². The molecule has 0 spiro atoms. The second kappa shape index (κ2) is 15.1. The molecule has 0 atom stereocenters. The van der Waals surface area contributed by atoms with Crippen LogP contribution >= 0.6 is 11.3 Å². The van der Waals surface area contributed by atoms with E-state index < -0.39 is 0 Å². The zero-order chi connectivity index (χ0) is 22.0. The monoisotopic (exact) mass is 576 g/mol. The molecule has 0 unspecified atom stereocenters. The van der Waals surface area contributed by atoms with E-state index in [9.17, 15) is 0 Å². The van der Waals surface area contributed by atoms with Gasteiger partial charge in [0.05, 0.1) is 0 Å². The number of benzene rings is 3. The summed E-state index contributed by atoms with van der Waals surface area (Å²) in [6.07, 6.45) is 2.17.